The van der Waals surface area contributed by atoms with Gasteiger partial charge in [0.2, 0.25) is 0 Å². The lowest BCUT2D eigenvalue weighted by atomic mass is 9.96. The summed E-state index contributed by atoms with van der Waals surface area (Å²) in [6, 6.07) is -0.548. The van der Waals surface area contributed by atoms with E-state index in [0.717, 1.165) is 7.11 Å². The van der Waals surface area contributed by atoms with Gasteiger partial charge in [-0.15, -0.1) is 0 Å². The van der Waals surface area contributed by atoms with Gasteiger partial charge in [-0.1, -0.05) is 0 Å². The molecule has 21 heavy (non-hydrogen) atoms. The maximum Gasteiger partial charge on any atom is 0.416 e. The summed E-state index contributed by atoms with van der Waals surface area (Å²) in [5, 5.41) is 8.81. The Bertz CT molecular complexity index is 498. The van der Waals surface area contributed by atoms with Gasteiger partial charge in [-0.2, -0.15) is 26.3 Å². The Kier molecular flexibility index (Phi) is 5.11. The molecule has 1 aromatic rings. The van der Waals surface area contributed by atoms with Gasteiger partial charge in [-0.25, -0.2) is 0 Å². The van der Waals surface area contributed by atoms with Crippen molar-refractivity contribution in [1.82, 2.24) is 0 Å². The van der Waals surface area contributed by atoms with Gasteiger partial charge in [0.25, 0.3) is 0 Å². The van der Waals surface area contributed by atoms with Crippen molar-refractivity contribution in [2.75, 3.05) is 13.7 Å². The highest BCUT2D eigenvalue weighted by atomic mass is 19.4. The number of aliphatic hydroxyl groups is 1. The number of ether oxygens (including phenoxy) is 1. The molecule has 0 aliphatic rings. The van der Waals surface area contributed by atoms with E-state index in [-0.39, 0.29) is 6.07 Å². The first-order chi connectivity index (χ1) is 9.50. The van der Waals surface area contributed by atoms with Gasteiger partial charge in [0, 0.05) is 11.6 Å². The lowest BCUT2D eigenvalue weighted by Crippen LogP contribution is -2.28. The number of alkyl halides is 6. The summed E-state index contributed by atoms with van der Waals surface area (Å²) < 4.78 is 81.4. The second-order valence-electron chi connectivity index (χ2n) is 4.35. The van der Waals surface area contributed by atoms with Crippen molar-refractivity contribution in [3.05, 3.63) is 28.8 Å². The second-order valence-corrected chi connectivity index (χ2v) is 4.35. The first-order valence-electron chi connectivity index (χ1n) is 5.72. The van der Waals surface area contributed by atoms with Gasteiger partial charge in [0.15, 0.2) is 0 Å². The second kappa shape index (κ2) is 6.10. The van der Waals surface area contributed by atoms with Crippen molar-refractivity contribution in [2.24, 2.45) is 5.73 Å². The molecule has 3 N–H and O–H groups in total. The van der Waals surface area contributed by atoms with Gasteiger partial charge in [0.05, 0.1) is 24.8 Å². The minimum Gasteiger partial charge on any atom is -0.496 e. The molecule has 0 amide bonds. The van der Waals surface area contributed by atoms with E-state index >= 15 is 0 Å². The summed E-state index contributed by atoms with van der Waals surface area (Å²) in [4.78, 5) is 0. The first-order valence-corrected chi connectivity index (χ1v) is 5.72. The zero-order chi connectivity index (χ0) is 16.4. The molecule has 0 heterocycles. The number of methoxy groups -OCH3 is 1. The van der Waals surface area contributed by atoms with Crippen molar-refractivity contribution >= 4 is 0 Å². The molecule has 0 aromatic heterocycles. The fourth-order valence-corrected chi connectivity index (χ4v) is 1.78. The third-order valence-electron chi connectivity index (χ3n) is 2.76. The van der Waals surface area contributed by atoms with Crippen LogP contribution in [0.25, 0.3) is 0 Å². The van der Waals surface area contributed by atoms with E-state index in [1.54, 1.807) is 0 Å². The standard InChI is InChI=1S/C12H13F6NO2/c1-21-10-3-6(11(13,14)15)2-9(12(16,17)18)8(10)4-7(19)5-20/h2-3,7,20H,4-5,19H2,1H3. The summed E-state index contributed by atoms with van der Waals surface area (Å²) >= 11 is 0. The van der Waals surface area contributed by atoms with Crippen LogP contribution in [0.5, 0.6) is 5.75 Å². The van der Waals surface area contributed by atoms with Crippen molar-refractivity contribution in [3.63, 3.8) is 0 Å². The molecule has 1 aromatic carbocycles. The van der Waals surface area contributed by atoms with E-state index in [1.165, 1.54) is 0 Å². The molecule has 0 fully saturated rings. The Labute approximate surface area is 116 Å². The Morgan fingerprint density at radius 2 is 1.71 bits per heavy atom. The fraction of sp³-hybridized carbons (Fsp3) is 0.500. The summed E-state index contributed by atoms with van der Waals surface area (Å²) in [5.74, 6) is -0.568. The first kappa shape index (κ1) is 17.6. The van der Waals surface area contributed by atoms with Crippen LogP contribution in [0, 0.1) is 0 Å². The van der Waals surface area contributed by atoms with Crippen LogP contribution in [0.3, 0.4) is 0 Å². The Morgan fingerprint density at radius 1 is 1.14 bits per heavy atom. The Hall–Kier alpha value is -1.48. The predicted molar refractivity (Wildman–Crippen MR) is 61.8 cm³/mol. The van der Waals surface area contributed by atoms with E-state index in [0.29, 0.717) is 6.07 Å². The van der Waals surface area contributed by atoms with Crippen molar-refractivity contribution < 1.29 is 36.2 Å². The molecule has 0 aliphatic carbocycles. The maximum absolute atomic E-state index is 13.0. The zero-order valence-electron chi connectivity index (χ0n) is 10.8. The molecule has 0 aliphatic heterocycles. The molecule has 0 bridgehead atoms. The predicted octanol–water partition coefficient (Wildman–Crippen LogP) is 2.59. The molecular formula is C12H13F6NO2. The van der Waals surface area contributed by atoms with Gasteiger partial charge in [-0.05, 0) is 18.6 Å². The van der Waals surface area contributed by atoms with E-state index in [4.69, 9.17) is 10.8 Å². The molecule has 0 spiro atoms. The molecule has 0 saturated carbocycles. The van der Waals surface area contributed by atoms with Gasteiger partial charge in [0.1, 0.15) is 5.75 Å². The summed E-state index contributed by atoms with van der Waals surface area (Å²) in [5.41, 5.74) is 1.92. The van der Waals surface area contributed by atoms with Crippen LogP contribution in [-0.2, 0) is 18.8 Å². The smallest absolute Gasteiger partial charge is 0.416 e. The number of hydrogen-bond donors (Lipinski definition) is 2. The number of rotatable bonds is 4. The quantitative estimate of drug-likeness (QED) is 0.839. The van der Waals surface area contributed by atoms with E-state index < -0.39 is 53.9 Å². The lowest BCUT2D eigenvalue weighted by molar-refractivity contribution is -0.143. The van der Waals surface area contributed by atoms with Crippen molar-refractivity contribution in [1.29, 1.82) is 0 Å². The monoisotopic (exact) mass is 317 g/mol. The highest BCUT2D eigenvalue weighted by Gasteiger charge is 2.40. The summed E-state index contributed by atoms with van der Waals surface area (Å²) in [6.45, 7) is -0.610. The number of halogens is 6. The minimum atomic E-state index is -5.00. The molecule has 0 saturated heterocycles. The number of hydrogen-bond acceptors (Lipinski definition) is 3. The van der Waals surface area contributed by atoms with Crippen molar-refractivity contribution in [3.8, 4) is 5.75 Å². The highest BCUT2D eigenvalue weighted by Crippen LogP contribution is 2.41. The van der Waals surface area contributed by atoms with Crippen LogP contribution in [0.2, 0.25) is 0 Å². The zero-order valence-corrected chi connectivity index (χ0v) is 10.8. The molecule has 0 radical (unpaired) electrons. The normalized spacial score (nSPS) is 14.1. The Balaban J connectivity index is 3.53. The largest absolute Gasteiger partial charge is 0.496 e. The SMILES string of the molecule is COc1cc(C(F)(F)F)cc(C(F)(F)F)c1CC(N)CO. The topological polar surface area (TPSA) is 55.5 Å². The van der Waals surface area contributed by atoms with Gasteiger partial charge < -0.3 is 15.6 Å². The maximum atomic E-state index is 13.0. The molecule has 3 nitrogen and oxygen atoms in total. The lowest BCUT2D eigenvalue weighted by Gasteiger charge is -2.20. The number of aliphatic hydroxyl groups excluding tert-OH is 1. The third kappa shape index (κ3) is 4.24. The summed E-state index contributed by atoms with van der Waals surface area (Å²) in [7, 11) is 0.962. The van der Waals surface area contributed by atoms with Crippen LogP contribution >= 0.6 is 0 Å². The van der Waals surface area contributed by atoms with Gasteiger partial charge in [-0.3, -0.25) is 0 Å². The third-order valence-corrected chi connectivity index (χ3v) is 2.76. The number of nitrogens with two attached hydrogens (primary N) is 1. The van der Waals surface area contributed by atoms with E-state index in [9.17, 15) is 26.3 Å². The molecule has 1 unspecified atom stereocenters. The van der Waals surface area contributed by atoms with Crippen LogP contribution in [-0.4, -0.2) is 24.9 Å². The van der Waals surface area contributed by atoms with Crippen LogP contribution in [0.15, 0.2) is 12.1 Å². The highest BCUT2D eigenvalue weighted by molar-refractivity contribution is 5.46. The van der Waals surface area contributed by atoms with Crippen LogP contribution in [0.4, 0.5) is 26.3 Å². The molecular weight excluding hydrogens is 304 g/mol. The Morgan fingerprint density at radius 3 is 2.10 bits per heavy atom. The van der Waals surface area contributed by atoms with Gasteiger partial charge >= 0.3 is 12.4 Å². The minimum absolute atomic E-state index is 0.0158. The molecule has 120 valence electrons. The molecule has 9 heteroatoms. The fourth-order valence-electron chi connectivity index (χ4n) is 1.78. The van der Waals surface area contributed by atoms with Crippen LogP contribution < -0.4 is 10.5 Å². The van der Waals surface area contributed by atoms with E-state index in [2.05, 4.69) is 4.74 Å². The van der Waals surface area contributed by atoms with E-state index in [1.807, 2.05) is 0 Å². The summed E-state index contributed by atoms with van der Waals surface area (Å²) in [6.07, 6.45) is -10.4. The number of benzene rings is 1. The molecule has 1 rings (SSSR count). The van der Waals surface area contributed by atoms with Crippen LogP contribution in [0.1, 0.15) is 16.7 Å². The average Bonchev–Trinajstić information content (AvgIpc) is 2.35. The average molecular weight is 317 g/mol. The molecule has 1 atom stereocenters. The van der Waals surface area contributed by atoms with Crippen molar-refractivity contribution in [2.45, 2.75) is 24.8 Å².